The van der Waals surface area contributed by atoms with Crippen LogP contribution in [0.2, 0.25) is 0 Å². The SMILES string of the molecule is CCc1ccc(/C=N\NC(=O)c2csc3c2CCCC3)s1. The van der Waals surface area contributed by atoms with Crippen molar-refractivity contribution in [2.75, 3.05) is 0 Å². The summed E-state index contributed by atoms with van der Waals surface area (Å²) in [5.41, 5.74) is 4.71. The van der Waals surface area contributed by atoms with Gasteiger partial charge in [0, 0.05) is 20.0 Å². The molecule has 1 aliphatic rings. The highest BCUT2D eigenvalue weighted by atomic mass is 32.1. The first-order chi connectivity index (χ1) is 10.3. The minimum absolute atomic E-state index is 0.0853. The smallest absolute Gasteiger partial charge is 0.267 e. The van der Waals surface area contributed by atoms with Crippen molar-refractivity contribution in [3.8, 4) is 0 Å². The van der Waals surface area contributed by atoms with Crippen LogP contribution in [0, 0.1) is 0 Å². The Kier molecular flexibility index (Phi) is 4.51. The van der Waals surface area contributed by atoms with Gasteiger partial charge in [0.25, 0.3) is 5.91 Å². The monoisotopic (exact) mass is 318 g/mol. The molecule has 1 amide bonds. The summed E-state index contributed by atoms with van der Waals surface area (Å²) < 4.78 is 0. The predicted molar refractivity (Wildman–Crippen MR) is 89.7 cm³/mol. The first kappa shape index (κ1) is 14.5. The molecule has 2 heterocycles. The van der Waals surface area contributed by atoms with Gasteiger partial charge in [-0.25, -0.2) is 5.43 Å². The number of amides is 1. The Labute approximate surface area is 132 Å². The van der Waals surface area contributed by atoms with E-state index in [9.17, 15) is 4.79 Å². The summed E-state index contributed by atoms with van der Waals surface area (Å²) in [4.78, 5) is 16.0. The second kappa shape index (κ2) is 6.54. The van der Waals surface area contributed by atoms with Crippen molar-refractivity contribution in [3.63, 3.8) is 0 Å². The number of thiophene rings is 2. The van der Waals surface area contributed by atoms with Crippen molar-refractivity contribution >= 4 is 34.8 Å². The molecule has 2 aromatic heterocycles. The lowest BCUT2D eigenvalue weighted by Gasteiger charge is -2.11. The molecule has 0 atom stereocenters. The molecule has 1 N–H and O–H groups in total. The van der Waals surface area contributed by atoms with Crippen molar-refractivity contribution in [3.05, 3.63) is 43.3 Å². The highest BCUT2D eigenvalue weighted by Gasteiger charge is 2.19. The van der Waals surface area contributed by atoms with Gasteiger partial charge >= 0.3 is 0 Å². The standard InChI is InChI=1S/C16H18N2OS2/c1-2-11-7-8-12(21-11)9-17-18-16(19)14-10-20-15-6-4-3-5-13(14)15/h7-10H,2-6H2,1H3,(H,18,19)/b17-9-. The fourth-order valence-electron chi connectivity index (χ4n) is 2.55. The predicted octanol–water partition coefficient (Wildman–Crippen LogP) is 4.01. The maximum absolute atomic E-state index is 12.2. The van der Waals surface area contributed by atoms with Crippen LogP contribution in [-0.2, 0) is 19.3 Å². The van der Waals surface area contributed by atoms with Gasteiger partial charge in [-0.2, -0.15) is 5.10 Å². The zero-order chi connectivity index (χ0) is 14.7. The third-order valence-corrected chi connectivity index (χ3v) is 5.95. The van der Waals surface area contributed by atoms with Crippen LogP contribution in [0.15, 0.2) is 22.6 Å². The lowest BCUT2D eigenvalue weighted by atomic mass is 9.96. The lowest BCUT2D eigenvalue weighted by Crippen LogP contribution is -2.19. The molecule has 0 unspecified atom stereocenters. The van der Waals surface area contributed by atoms with E-state index in [2.05, 4.69) is 23.5 Å². The van der Waals surface area contributed by atoms with Gasteiger partial charge < -0.3 is 0 Å². The average Bonchev–Trinajstić information content (AvgIpc) is 3.13. The number of nitrogens with one attached hydrogen (secondary N) is 1. The number of fused-ring (bicyclic) bond motifs is 1. The first-order valence-electron chi connectivity index (χ1n) is 7.29. The molecule has 0 radical (unpaired) electrons. The second-order valence-electron chi connectivity index (χ2n) is 5.11. The number of carbonyl (C=O) groups excluding carboxylic acids is 1. The number of carbonyl (C=O) groups is 1. The van der Waals surface area contributed by atoms with Crippen molar-refractivity contribution < 1.29 is 4.79 Å². The fraction of sp³-hybridized carbons (Fsp3) is 0.375. The van der Waals surface area contributed by atoms with Crippen LogP contribution in [0.3, 0.4) is 0 Å². The third kappa shape index (κ3) is 3.24. The largest absolute Gasteiger partial charge is 0.272 e. The number of aryl methyl sites for hydroxylation is 2. The van der Waals surface area contributed by atoms with Crippen molar-refractivity contribution in [1.82, 2.24) is 5.43 Å². The van der Waals surface area contributed by atoms with Gasteiger partial charge in [-0.1, -0.05) is 6.92 Å². The number of hydrazone groups is 1. The number of nitrogens with zero attached hydrogens (tertiary/aromatic N) is 1. The molecular weight excluding hydrogens is 300 g/mol. The minimum atomic E-state index is -0.0853. The molecule has 0 saturated heterocycles. The van der Waals surface area contributed by atoms with Gasteiger partial charge in [-0.05, 0) is 49.8 Å². The van der Waals surface area contributed by atoms with Crippen LogP contribution in [0.5, 0.6) is 0 Å². The Balaban J connectivity index is 1.65. The lowest BCUT2D eigenvalue weighted by molar-refractivity contribution is 0.0954. The molecule has 3 rings (SSSR count). The highest BCUT2D eigenvalue weighted by Crippen LogP contribution is 2.30. The molecule has 5 heteroatoms. The zero-order valence-electron chi connectivity index (χ0n) is 12.0. The zero-order valence-corrected chi connectivity index (χ0v) is 13.6. The van der Waals surface area contributed by atoms with Crippen LogP contribution in [0.25, 0.3) is 0 Å². The third-order valence-electron chi connectivity index (χ3n) is 3.69. The molecule has 0 aromatic carbocycles. The first-order valence-corrected chi connectivity index (χ1v) is 8.99. The summed E-state index contributed by atoms with van der Waals surface area (Å²) in [5.74, 6) is -0.0853. The molecule has 0 fully saturated rings. The summed E-state index contributed by atoms with van der Waals surface area (Å²) in [6.45, 7) is 2.13. The minimum Gasteiger partial charge on any atom is -0.267 e. The van der Waals surface area contributed by atoms with Crippen LogP contribution in [0.4, 0.5) is 0 Å². The summed E-state index contributed by atoms with van der Waals surface area (Å²) in [6, 6.07) is 4.13. The quantitative estimate of drug-likeness (QED) is 0.671. The highest BCUT2D eigenvalue weighted by molar-refractivity contribution is 7.13. The van der Waals surface area contributed by atoms with E-state index in [4.69, 9.17) is 0 Å². The van der Waals surface area contributed by atoms with E-state index in [-0.39, 0.29) is 5.91 Å². The van der Waals surface area contributed by atoms with Crippen LogP contribution < -0.4 is 5.43 Å². The van der Waals surface area contributed by atoms with Gasteiger partial charge in [-0.3, -0.25) is 4.79 Å². The topological polar surface area (TPSA) is 41.5 Å². The molecule has 0 aliphatic heterocycles. The van der Waals surface area contributed by atoms with Gasteiger partial charge in [0.2, 0.25) is 0 Å². The number of hydrogen-bond acceptors (Lipinski definition) is 4. The Bertz CT molecular complexity index is 670. The van der Waals surface area contributed by atoms with E-state index in [0.29, 0.717) is 0 Å². The van der Waals surface area contributed by atoms with E-state index in [1.165, 1.54) is 28.2 Å². The van der Waals surface area contributed by atoms with Gasteiger partial charge in [0.1, 0.15) is 0 Å². The Morgan fingerprint density at radius 1 is 1.38 bits per heavy atom. The van der Waals surface area contributed by atoms with E-state index in [1.807, 2.05) is 11.4 Å². The van der Waals surface area contributed by atoms with Gasteiger partial charge in [0.05, 0.1) is 11.8 Å². The average molecular weight is 318 g/mol. The number of hydrogen-bond donors (Lipinski definition) is 1. The maximum Gasteiger partial charge on any atom is 0.272 e. The van der Waals surface area contributed by atoms with Crippen molar-refractivity contribution in [2.24, 2.45) is 5.10 Å². The fourth-order valence-corrected chi connectivity index (χ4v) is 4.50. The van der Waals surface area contributed by atoms with Crippen LogP contribution in [0.1, 0.15) is 50.3 Å². The summed E-state index contributed by atoms with van der Waals surface area (Å²) in [6.07, 6.45) is 7.32. The second-order valence-corrected chi connectivity index (χ2v) is 7.28. The summed E-state index contributed by atoms with van der Waals surface area (Å²) in [5, 5.41) is 6.06. The Morgan fingerprint density at radius 2 is 2.24 bits per heavy atom. The van der Waals surface area contributed by atoms with Gasteiger partial charge in [0.15, 0.2) is 0 Å². The molecule has 0 saturated carbocycles. The normalized spacial score (nSPS) is 14.3. The number of rotatable bonds is 4. The molecule has 21 heavy (non-hydrogen) atoms. The van der Waals surface area contributed by atoms with Gasteiger partial charge in [-0.15, -0.1) is 22.7 Å². The van der Waals surface area contributed by atoms with Crippen molar-refractivity contribution in [1.29, 1.82) is 0 Å². The van der Waals surface area contributed by atoms with Crippen LogP contribution in [-0.4, -0.2) is 12.1 Å². The molecular formula is C16H18N2OS2. The van der Waals surface area contributed by atoms with E-state index >= 15 is 0 Å². The van der Waals surface area contributed by atoms with E-state index < -0.39 is 0 Å². The van der Waals surface area contributed by atoms with E-state index in [0.717, 1.165) is 29.7 Å². The summed E-state index contributed by atoms with van der Waals surface area (Å²) >= 11 is 3.41. The molecule has 2 aromatic rings. The maximum atomic E-state index is 12.2. The van der Waals surface area contributed by atoms with Crippen LogP contribution >= 0.6 is 22.7 Å². The molecule has 0 spiro atoms. The van der Waals surface area contributed by atoms with Crippen molar-refractivity contribution in [2.45, 2.75) is 39.0 Å². The van der Waals surface area contributed by atoms with E-state index in [1.54, 1.807) is 28.9 Å². The Morgan fingerprint density at radius 3 is 3.05 bits per heavy atom. The molecule has 1 aliphatic carbocycles. The molecule has 3 nitrogen and oxygen atoms in total. The molecule has 0 bridgehead atoms. The summed E-state index contributed by atoms with van der Waals surface area (Å²) in [7, 11) is 0. The Hall–Kier alpha value is -1.46. The molecule has 110 valence electrons.